The van der Waals surface area contributed by atoms with Gasteiger partial charge < -0.3 is 19.2 Å². The fraction of sp³-hybridized carbons (Fsp3) is 0.316. The first-order valence-electron chi connectivity index (χ1n) is 8.69. The Labute approximate surface area is 167 Å². The van der Waals surface area contributed by atoms with Crippen molar-refractivity contribution in [2.75, 3.05) is 26.6 Å². The second-order valence-corrected chi connectivity index (χ2v) is 6.78. The van der Waals surface area contributed by atoms with Crippen molar-refractivity contribution in [2.24, 2.45) is 0 Å². The Hall–Kier alpha value is -2.78. The Kier molecular flexibility index (Phi) is 7.10. The van der Waals surface area contributed by atoms with Crippen LogP contribution in [0.4, 0.5) is 0 Å². The quantitative estimate of drug-likeness (QED) is 0.521. The molecule has 0 aliphatic carbocycles. The van der Waals surface area contributed by atoms with Crippen LogP contribution < -0.4 is 10.1 Å². The summed E-state index contributed by atoms with van der Waals surface area (Å²) in [5.74, 6) is 2.18. The molecule has 2 aromatic heterocycles. The van der Waals surface area contributed by atoms with E-state index in [1.807, 2.05) is 34.9 Å². The fourth-order valence-corrected chi connectivity index (χ4v) is 3.29. The summed E-state index contributed by atoms with van der Waals surface area (Å²) in [5, 5.41) is 11.9. The molecule has 0 spiro atoms. The molecule has 3 rings (SSSR count). The molecular formula is C19H22N4O4S. The normalized spacial score (nSPS) is 10.8. The number of aromatic nitrogens is 3. The predicted octanol–water partition coefficient (Wildman–Crippen LogP) is 2.60. The number of furan rings is 1. The third-order valence-corrected chi connectivity index (χ3v) is 4.93. The Morgan fingerprint density at radius 2 is 2.04 bits per heavy atom. The van der Waals surface area contributed by atoms with E-state index in [0.29, 0.717) is 36.4 Å². The van der Waals surface area contributed by atoms with Crippen LogP contribution in [-0.2, 0) is 22.6 Å². The van der Waals surface area contributed by atoms with Crippen LogP contribution in [-0.4, -0.2) is 47.3 Å². The van der Waals surface area contributed by atoms with E-state index in [2.05, 4.69) is 15.5 Å². The highest BCUT2D eigenvalue weighted by Gasteiger charge is 2.17. The van der Waals surface area contributed by atoms with Gasteiger partial charge in [-0.1, -0.05) is 23.9 Å². The summed E-state index contributed by atoms with van der Waals surface area (Å²) < 4.78 is 17.6. The number of hydrogen-bond donors (Lipinski definition) is 1. The largest absolute Gasteiger partial charge is 0.497 e. The van der Waals surface area contributed by atoms with E-state index >= 15 is 0 Å². The van der Waals surface area contributed by atoms with Crippen molar-refractivity contribution in [2.45, 2.75) is 18.2 Å². The number of hydrogen-bond acceptors (Lipinski definition) is 7. The molecule has 0 saturated carbocycles. The monoisotopic (exact) mass is 402 g/mol. The molecule has 9 heteroatoms. The van der Waals surface area contributed by atoms with E-state index in [0.717, 1.165) is 11.3 Å². The molecule has 0 bridgehead atoms. The van der Waals surface area contributed by atoms with Crippen molar-refractivity contribution >= 4 is 17.7 Å². The molecule has 1 amide bonds. The molecule has 1 N–H and O–H groups in total. The molecule has 0 unspecified atom stereocenters. The zero-order valence-corrected chi connectivity index (χ0v) is 16.6. The number of carbonyl (C=O) groups is 1. The van der Waals surface area contributed by atoms with Crippen molar-refractivity contribution in [1.82, 2.24) is 20.1 Å². The van der Waals surface area contributed by atoms with Gasteiger partial charge in [0.15, 0.2) is 10.9 Å². The molecule has 0 aliphatic rings. The minimum atomic E-state index is -0.0818. The van der Waals surface area contributed by atoms with Crippen molar-refractivity contribution < 1.29 is 18.7 Å². The summed E-state index contributed by atoms with van der Waals surface area (Å²) >= 11 is 1.32. The summed E-state index contributed by atoms with van der Waals surface area (Å²) in [6.07, 6.45) is 1.59. The first-order valence-corrected chi connectivity index (χ1v) is 9.68. The lowest BCUT2D eigenvalue weighted by Gasteiger charge is -2.09. The van der Waals surface area contributed by atoms with Gasteiger partial charge in [0.05, 0.1) is 32.3 Å². The molecule has 28 heavy (non-hydrogen) atoms. The maximum absolute atomic E-state index is 12.2. The molecule has 8 nitrogen and oxygen atoms in total. The molecular weight excluding hydrogens is 380 g/mol. The second-order valence-electron chi connectivity index (χ2n) is 5.84. The van der Waals surface area contributed by atoms with Crippen LogP contribution in [0, 0.1) is 0 Å². The van der Waals surface area contributed by atoms with Gasteiger partial charge in [-0.05, 0) is 29.8 Å². The number of carbonyl (C=O) groups excluding carboxylic acids is 1. The summed E-state index contributed by atoms with van der Waals surface area (Å²) in [5.41, 5.74) is 1.00. The number of nitrogens with zero attached hydrogens (tertiary/aromatic N) is 3. The molecule has 0 aliphatic heterocycles. The van der Waals surface area contributed by atoms with E-state index in [1.165, 1.54) is 11.8 Å². The van der Waals surface area contributed by atoms with Gasteiger partial charge in [0.2, 0.25) is 11.7 Å². The topological polar surface area (TPSA) is 91.4 Å². The molecule has 0 fully saturated rings. The first kappa shape index (κ1) is 20.0. The lowest BCUT2D eigenvalue weighted by molar-refractivity contribution is -0.118. The second kappa shape index (κ2) is 9.95. The van der Waals surface area contributed by atoms with Gasteiger partial charge in [0.25, 0.3) is 0 Å². The lowest BCUT2D eigenvalue weighted by Crippen LogP contribution is -2.24. The SMILES string of the molecule is COCCn1c(SCC(=O)NCc2ccc(OC)cc2)nnc1-c1ccco1. The Balaban J connectivity index is 1.57. The third kappa shape index (κ3) is 5.14. The number of amides is 1. The first-order chi connectivity index (χ1) is 13.7. The third-order valence-electron chi connectivity index (χ3n) is 3.96. The van der Waals surface area contributed by atoms with Crippen LogP contribution in [0.1, 0.15) is 5.56 Å². The highest BCUT2D eigenvalue weighted by atomic mass is 32.2. The zero-order chi connectivity index (χ0) is 19.8. The van der Waals surface area contributed by atoms with Crippen LogP contribution in [0.2, 0.25) is 0 Å². The maximum atomic E-state index is 12.2. The van der Waals surface area contributed by atoms with E-state index < -0.39 is 0 Å². The summed E-state index contributed by atoms with van der Waals surface area (Å²) in [4.78, 5) is 12.2. The number of benzene rings is 1. The minimum Gasteiger partial charge on any atom is -0.497 e. The average Bonchev–Trinajstić information content (AvgIpc) is 3.39. The van der Waals surface area contributed by atoms with Gasteiger partial charge >= 0.3 is 0 Å². The number of nitrogens with one attached hydrogen (secondary N) is 1. The molecule has 148 valence electrons. The lowest BCUT2D eigenvalue weighted by atomic mass is 10.2. The fourth-order valence-electron chi connectivity index (χ4n) is 2.49. The van der Waals surface area contributed by atoms with Gasteiger partial charge in [-0.3, -0.25) is 9.36 Å². The van der Waals surface area contributed by atoms with Gasteiger partial charge in [0.1, 0.15) is 5.75 Å². The van der Waals surface area contributed by atoms with E-state index in [4.69, 9.17) is 13.9 Å². The highest BCUT2D eigenvalue weighted by Crippen LogP contribution is 2.24. The van der Waals surface area contributed by atoms with Crippen molar-refractivity contribution in [3.05, 3.63) is 48.2 Å². The van der Waals surface area contributed by atoms with Crippen LogP contribution in [0.3, 0.4) is 0 Å². The molecule has 3 aromatic rings. The van der Waals surface area contributed by atoms with Crippen molar-refractivity contribution in [3.8, 4) is 17.3 Å². The highest BCUT2D eigenvalue weighted by molar-refractivity contribution is 7.99. The molecule has 1 aromatic carbocycles. The Morgan fingerprint density at radius 3 is 2.71 bits per heavy atom. The number of thioether (sulfide) groups is 1. The zero-order valence-electron chi connectivity index (χ0n) is 15.8. The van der Waals surface area contributed by atoms with Crippen molar-refractivity contribution in [1.29, 1.82) is 0 Å². The van der Waals surface area contributed by atoms with Gasteiger partial charge in [-0.15, -0.1) is 10.2 Å². The molecule has 0 radical (unpaired) electrons. The minimum absolute atomic E-state index is 0.0818. The Morgan fingerprint density at radius 1 is 1.21 bits per heavy atom. The number of ether oxygens (including phenoxy) is 2. The maximum Gasteiger partial charge on any atom is 0.230 e. The average molecular weight is 402 g/mol. The summed E-state index contributed by atoms with van der Waals surface area (Å²) in [6.45, 7) is 1.52. The van der Waals surface area contributed by atoms with E-state index in [1.54, 1.807) is 26.5 Å². The van der Waals surface area contributed by atoms with Crippen molar-refractivity contribution in [3.63, 3.8) is 0 Å². The van der Waals surface area contributed by atoms with Gasteiger partial charge in [-0.2, -0.15) is 0 Å². The number of rotatable bonds is 10. The summed E-state index contributed by atoms with van der Waals surface area (Å²) in [6, 6.07) is 11.2. The van der Waals surface area contributed by atoms with Crippen LogP contribution in [0.5, 0.6) is 5.75 Å². The summed E-state index contributed by atoms with van der Waals surface area (Å²) in [7, 11) is 3.26. The predicted molar refractivity (Wildman–Crippen MR) is 105 cm³/mol. The van der Waals surface area contributed by atoms with E-state index in [-0.39, 0.29) is 11.7 Å². The van der Waals surface area contributed by atoms with Crippen LogP contribution in [0.25, 0.3) is 11.6 Å². The van der Waals surface area contributed by atoms with E-state index in [9.17, 15) is 4.79 Å². The smallest absolute Gasteiger partial charge is 0.230 e. The van der Waals surface area contributed by atoms with Gasteiger partial charge in [-0.25, -0.2) is 0 Å². The molecule has 0 atom stereocenters. The molecule has 0 saturated heterocycles. The number of methoxy groups -OCH3 is 2. The van der Waals surface area contributed by atoms with Crippen LogP contribution in [0.15, 0.2) is 52.2 Å². The van der Waals surface area contributed by atoms with Gasteiger partial charge in [0, 0.05) is 13.7 Å². The molecule has 2 heterocycles. The Bertz CT molecular complexity index is 878. The van der Waals surface area contributed by atoms with Crippen LogP contribution >= 0.6 is 11.8 Å². The standard InChI is InChI=1S/C19H22N4O4S/c1-25-11-9-23-18(16-4-3-10-27-16)21-22-19(23)28-13-17(24)20-12-14-5-7-15(26-2)8-6-14/h3-8,10H,9,11-13H2,1-2H3,(H,20,24).